The molecule has 16 heavy (non-hydrogen) atoms. The molecule has 0 aliphatic heterocycles. The minimum atomic E-state index is 0.170. The smallest absolute Gasteiger partial charge is 0.187 e. The zero-order chi connectivity index (χ0) is 11.4. The molecule has 84 valence electrons. The maximum atomic E-state index is 9.08. The summed E-state index contributed by atoms with van der Waals surface area (Å²) in [6, 6.07) is 2.41. The first-order valence-electron chi connectivity index (χ1n) is 5.64. The van der Waals surface area contributed by atoms with Gasteiger partial charge in [0.1, 0.15) is 0 Å². The molecule has 1 aliphatic carbocycles. The number of thioether (sulfide) groups is 1. The van der Waals surface area contributed by atoms with Gasteiger partial charge in [0.2, 0.25) is 0 Å². The largest absolute Gasteiger partial charge is 0.231 e. The Labute approximate surface area is 100 Å². The molecule has 1 heterocycles. The summed E-state index contributed by atoms with van der Waals surface area (Å²) in [4.78, 5) is 8.57. The molecule has 1 aliphatic rings. The number of hydrogen-bond donors (Lipinski definition) is 0. The Morgan fingerprint density at radius 2 is 2.00 bits per heavy atom. The van der Waals surface area contributed by atoms with Gasteiger partial charge in [-0.05, 0) is 25.3 Å². The number of aryl methyl sites for hydroxylation is 1. The third-order valence-electron chi connectivity index (χ3n) is 2.88. The minimum absolute atomic E-state index is 0.170. The summed E-state index contributed by atoms with van der Waals surface area (Å²) in [5, 5.41) is 10.3. The van der Waals surface area contributed by atoms with Crippen LogP contribution in [0.1, 0.15) is 31.2 Å². The maximum Gasteiger partial charge on any atom is 0.187 e. The van der Waals surface area contributed by atoms with E-state index in [1.807, 2.05) is 19.3 Å². The molecule has 1 aromatic rings. The summed E-state index contributed by atoms with van der Waals surface area (Å²) in [5.74, 6) is 0.170. The monoisotopic (exact) mass is 233 g/mol. The number of nitrogens with zero attached hydrogens (tertiary/aromatic N) is 3. The van der Waals surface area contributed by atoms with E-state index in [1.165, 1.54) is 12.8 Å². The average molecular weight is 233 g/mol. The number of nitriles is 1. The van der Waals surface area contributed by atoms with Crippen molar-refractivity contribution in [1.82, 2.24) is 9.97 Å². The fourth-order valence-electron chi connectivity index (χ4n) is 1.96. The lowest BCUT2D eigenvalue weighted by Gasteiger charge is -2.25. The Morgan fingerprint density at radius 3 is 2.69 bits per heavy atom. The third-order valence-corrected chi connectivity index (χ3v) is 4.17. The molecule has 0 aromatic carbocycles. The van der Waals surface area contributed by atoms with Crippen LogP contribution in [0.2, 0.25) is 0 Å². The Kier molecular flexibility index (Phi) is 3.79. The molecule has 0 N–H and O–H groups in total. The molecule has 0 bridgehead atoms. The Morgan fingerprint density at radius 1 is 1.31 bits per heavy atom. The summed E-state index contributed by atoms with van der Waals surface area (Å²) in [7, 11) is 0. The van der Waals surface area contributed by atoms with E-state index in [9.17, 15) is 0 Å². The van der Waals surface area contributed by atoms with E-state index in [0.717, 1.165) is 23.6 Å². The summed E-state index contributed by atoms with van der Waals surface area (Å²) in [5.41, 5.74) is 1.07. The zero-order valence-corrected chi connectivity index (χ0v) is 10.2. The van der Waals surface area contributed by atoms with E-state index in [0.29, 0.717) is 5.25 Å². The fourth-order valence-corrected chi connectivity index (χ4v) is 3.11. The summed E-state index contributed by atoms with van der Waals surface area (Å²) in [6.45, 7) is 1.98. The lowest BCUT2D eigenvalue weighted by atomic mass is 9.90. The van der Waals surface area contributed by atoms with Gasteiger partial charge in [-0.25, -0.2) is 9.97 Å². The van der Waals surface area contributed by atoms with Crippen LogP contribution in [0.5, 0.6) is 0 Å². The molecule has 1 fully saturated rings. The Hall–Kier alpha value is -1.08. The van der Waals surface area contributed by atoms with Crippen LogP contribution in [0.25, 0.3) is 0 Å². The van der Waals surface area contributed by atoms with E-state index in [1.54, 1.807) is 11.8 Å². The van der Waals surface area contributed by atoms with E-state index >= 15 is 0 Å². The van der Waals surface area contributed by atoms with Crippen LogP contribution in [0.3, 0.4) is 0 Å². The van der Waals surface area contributed by atoms with Crippen LogP contribution < -0.4 is 0 Å². The second-order valence-corrected chi connectivity index (χ2v) is 5.43. The van der Waals surface area contributed by atoms with Gasteiger partial charge in [-0.1, -0.05) is 24.6 Å². The maximum absolute atomic E-state index is 9.08. The van der Waals surface area contributed by atoms with Crippen LogP contribution in [0.4, 0.5) is 0 Å². The van der Waals surface area contributed by atoms with Gasteiger partial charge in [0, 0.05) is 17.6 Å². The highest BCUT2D eigenvalue weighted by Gasteiger charge is 2.26. The highest BCUT2D eigenvalue weighted by atomic mass is 32.2. The van der Waals surface area contributed by atoms with Crippen molar-refractivity contribution in [3.8, 4) is 6.07 Å². The fraction of sp³-hybridized carbons (Fsp3) is 0.583. The average Bonchev–Trinajstić information content (AvgIpc) is 2.33. The molecule has 2 unspecified atom stereocenters. The van der Waals surface area contributed by atoms with Crippen LogP contribution in [-0.4, -0.2) is 15.2 Å². The molecule has 4 heteroatoms. The van der Waals surface area contributed by atoms with Gasteiger partial charge in [-0.15, -0.1) is 0 Å². The topological polar surface area (TPSA) is 49.6 Å². The first kappa shape index (κ1) is 11.4. The molecule has 0 radical (unpaired) electrons. The van der Waals surface area contributed by atoms with E-state index in [2.05, 4.69) is 16.0 Å². The Bertz CT molecular complexity index is 382. The molecule has 0 saturated heterocycles. The Balaban J connectivity index is 2.02. The van der Waals surface area contributed by atoms with Crippen LogP contribution in [-0.2, 0) is 0 Å². The predicted molar refractivity (Wildman–Crippen MR) is 64.0 cm³/mol. The van der Waals surface area contributed by atoms with Crippen molar-refractivity contribution in [2.75, 3.05) is 0 Å². The second kappa shape index (κ2) is 5.31. The lowest BCUT2D eigenvalue weighted by Crippen LogP contribution is -2.20. The number of hydrogen-bond acceptors (Lipinski definition) is 4. The van der Waals surface area contributed by atoms with Gasteiger partial charge in [0.05, 0.1) is 12.0 Å². The van der Waals surface area contributed by atoms with Gasteiger partial charge in [-0.3, -0.25) is 0 Å². The van der Waals surface area contributed by atoms with Crippen molar-refractivity contribution in [2.24, 2.45) is 5.92 Å². The highest BCUT2D eigenvalue weighted by Crippen LogP contribution is 2.35. The highest BCUT2D eigenvalue weighted by molar-refractivity contribution is 7.99. The van der Waals surface area contributed by atoms with E-state index in [-0.39, 0.29) is 5.92 Å². The molecule has 0 spiro atoms. The van der Waals surface area contributed by atoms with Crippen LogP contribution >= 0.6 is 11.8 Å². The van der Waals surface area contributed by atoms with Crippen molar-refractivity contribution in [1.29, 1.82) is 5.26 Å². The molecular weight excluding hydrogens is 218 g/mol. The third kappa shape index (κ3) is 2.73. The number of aromatic nitrogens is 2. The summed E-state index contributed by atoms with van der Waals surface area (Å²) < 4.78 is 0. The van der Waals surface area contributed by atoms with Crippen molar-refractivity contribution < 1.29 is 0 Å². The van der Waals surface area contributed by atoms with E-state index < -0.39 is 0 Å². The predicted octanol–water partition coefficient (Wildman–Crippen LogP) is 2.96. The second-order valence-electron chi connectivity index (χ2n) is 4.22. The molecule has 3 nitrogen and oxygen atoms in total. The quantitative estimate of drug-likeness (QED) is 0.737. The molecule has 1 saturated carbocycles. The van der Waals surface area contributed by atoms with Gasteiger partial charge in [-0.2, -0.15) is 5.26 Å². The molecule has 2 atom stereocenters. The minimum Gasteiger partial charge on any atom is -0.231 e. The van der Waals surface area contributed by atoms with Gasteiger partial charge in [0.15, 0.2) is 5.16 Å². The van der Waals surface area contributed by atoms with Crippen molar-refractivity contribution in [2.45, 2.75) is 43.0 Å². The molecular formula is C12H15N3S. The summed E-state index contributed by atoms with van der Waals surface area (Å²) in [6.07, 6.45) is 8.21. The first-order valence-corrected chi connectivity index (χ1v) is 6.52. The molecule has 0 amide bonds. The van der Waals surface area contributed by atoms with Gasteiger partial charge in [0.25, 0.3) is 0 Å². The lowest BCUT2D eigenvalue weighted by molar-refractivity contribution is 0.439. The van der Waals surface area contributed by atoms with Gasteiger partial charge >= 0.3 is 0 Å². The standard InChI is InChI=1S/C12H15N3S/c1-9-7-14-12(15-8-9)16-11-5-3-2-4-10(11)6-13/h7-8,10-11H,2-5H2,1H3. The summed E-state index contributed by atoms with van der Waals surface area (Å²) >= 11 is 1.66. The number of rotatable bonds is 2. The zero-order valence-electron chi connectivity index (χ0n) is 9.39. The van der Waals surface area contributed by atoms with Crippen molar-refractivity contribution in [3.05, 3.63) is 18.0 Å². The van der Waals surface area contributed by atoms with Crippen molar-refractivity contribution >= 4 is 11.8 Å². The normalized spacial score (nSPS) is 25.0. The van der Waals surface area contributed by atoms with Gasteiger partial charge < -0.3 is 0 Å². The van der Waals surface area contributed by atoms with Crippen molar-refractivity contribution in [3.63, 3.8) is 0 Å². The molecule has 2 rings (SSSR count). The SMILES string of the molecule is Cc1cnc(SC2CCCCC2C#N)nc1. The first-order chi connectivity index (χ1) is 7.79. The van der Waals surface area contributed by atoms with Crippen LogP contribution in [0.15, 0.2) is 17.6 Å². The molecule has 1 aromatic heterocycles. The van der Waals surface area contributed by atoms with E-state index in [4.69, 9.17) is 5.26 Å². The van der Waals surface area contributed by atoms with Crippen LogP contribution in [0, 0.1) is 24.2 Å².